The van der Waals surface area contributed by atoms with Gasteiger partial charge in [-0.15, -0.1) is 0 Å². The molecule has 0 unspecified atom stereocenters. The minimum Gasteiger partial charge on any atom is -0.481 e. The molecule has 1 rings (SSSR count). The Bertz CT molecular complexity index is 392. The summed E-state index contributed by atoms with van der Waals surface area (Å²) >= 11 is 5.32. The Morgan fingerprint density at radius 2 is 2.13 bits per heavy atom. The molecule has 0 spiro atoms. The van der Waals surface area contributed by atoms with Gasteiger partial charge in [-0.05, 0) is 11.6 Å². The van der Waals surface area contributed by atoms with Crippen molar-refractivity contribution in [1.29, 1.82) is 0 Å². The minimum atomic E-state index is -4.63. The number of pyridine rings is 1. The third-order valence-corrected chi connectivity index (χ3v) is 1.81. The number of carboxylic acid groups (broad SMARTS) is 1. The number of halogens is 4. The summed E-state index contributed by atoms with van der Waals surface area (Å²) in [5.74, 6) is -1.16. The van der Waals surface area contributed by atoms with Gasteiger partial charge in [-0.1, -0.05) is 11.6 Å². The normalized spacial score (nSPS) is 11.5. The van der Waals surface area contributed by atoms with Gasteiger partial charge in [0.2, 0.25) is 0 Å². The summed E-state index contributed by atoms with van der Waals surface area (Å²) in [5, 5.41) is 7.80. The molecular formula is C8H5ClF3NO2. The molecule has 82 valence electrons. The van der Waals surface area contributed by atoms with Gasteiger partial charge in [-0.2, -0.15) is 13.2 Å². The Morgan fingerprint density at radius 3 is 2.53 bits per heavy atom. The highest BCUT2D eigenvalue weighted by Gasteiger charge is 2.35. The average Bonchev–Trinajstić information content (AvgIpc) is 1.99. The fourth-order valence-electron chi connectivity index (χ4n) is 0.957. The van der Waals surface area contributed by atoms with Crippen LogP contribution in [0, 0.1) is 0 Å². The van der Waals surface area contributed by atoms with Crippen molar-refractivity contribution < 1.29 is 23.1 Å². The first-order valence-corrected chi connectivity index (χ1v) is 4.12. The molecule has 1 heterocycles. The number of alkyl halides is 3. The zero-order valence-electron chi connectivity index (χ0n) is 7.18. The molecule has 0 aromatic carbocycles. The van der Waals surface area contributed by atoms with Crippen LogP contribution in [0.4, 0.5) is 13.2 Å². The lowest BCUT2D eigenvalue weighted by molar-refractivity contribution is -0.141. The SMILES string of the molecule is O=C(O)Cc1cnc(C(F)(F)F)c(Cl)c1. The summed E-state index contributed by atoms with van der Waals surface area (Å²) in [4.78, 5) is 13.4. The Kier molecular flexibility index (Phi) is 3.18. The first-order valence-electron chi connectivity index (χ1n) is 3.74. The lowest BCUT2D eigenvalue weighted by Gasteiger charge is -2.08. The van der Waals surface area contributed by atoms with Crippen LogP contribution in [-0.4, -0.2) is 16.1 Å². The molecule has 0 aliphatic carbocycles. The van der Waals surface area contributed by atoms with Crippen molar-refractivity contribution >= 4 is 17.6 Å². The van der Waals surface area contributed by atoms with Crippen LogP contribution in [0.25, 0.3) is 0 Å². The number of aliphatic carboxylic acids is 1. The van der Waals surface area contributed by atoms with E-state index in [4.69, 9.17) is 16.7 Å². The maximum absolute atomic E-state index is 12.2. The van der Waals surface area contributed by atoms with Crippen LogP contribution in [0.2, 0.25) is 5.02 Å². The predicted octanol–water partition coefficient (Wildman–Crippen LogP) is 2.38. The number of hydrogen-bond acceptors (Lipinski definition) is 2. The lowest BCUT2D eigenvalue weighted by Crippen LogP contribution is -2.10. The molecule has 1 aromatic rings. The Morgan fingerprint density at radius 1 is 1.53 bits per heavy atom. The Labute approximate surface area is 87.5 Å². The van der Waals surface area contributed by atoms with E-state index in [1.165, 1.54) is 0 Å². The summed E-state index contributed by atoms with van der Waals surface area (Å²) in [5.41, 5.74) is -1.08. The molecule has 0 aliphatic heterocycles. The Hall–Kier alpha value is -1.30. The van der Waals surface area contributed by atoms with Gasteiger partial charge in [-0.3, -0.25) is 9.78 Å². The molecule has 1 N–H and O–H groups in total. The van der Waals surface area contributed by atoms with E-state index in [0.717, 1.165) is 12.3 Å². The second-order valence-corrected chi connectivity index (χ2v) is 3.15. The molecular weight excluding hydrogens is 235 g/mol. The van der Waals surface area contributed by atoms with E-state index < -0.39 is 29.3 Å². The second-order valence-electron chi connectivity index (χ2n) is 2.74. The average molecular weight is 240 g/mol. The molecule has 0 fully saturated rings. The predicted molar refractivity (Wildman–Crippen MR) is 45.6 cm³/mol. The Balaban J connectivity index is 3.04. The van der Waals surface area contributed by atoms with Crippen LogP contribution >= 0.6 is 11.6 Å². The van der Waals surface area contributed by atoms with E-state index in [1.54, 1.807) is 0 Å². The van der Waals surface area contributed by atoms with Crippen molar-refractivity contribution in [2.75, 3.05) is 0 Å². The summed E-state index contributed by atoms with van der Waals surface area (Å²) < 4.78 is 36.5. The molecule has 0 saturated carbocycles. The summed E-state index contributed by atoms with van der Waals surface area (Å²) in [6.07, 6.45) is -4.19. The first-order chi connectivity index (χ1) is 6.80. The monoisotopic (exact) mass is 239 g/mol. The highest BCUT2D eigenvalue weighted by Crippen LogP contribution is 2.33. The molecule has 0 aliphatic rings. The van der Waals surface area contributed by atoms with Gasteiger partial charge in [0, 0.05) is 6.20 Å². The summed E-state index contributed by atoms with van der Waals surface area (Å²) in [7, 11) is 0. The smallest absolute Gasteiger partial charge is 0.434 e. The summed E-state index contributed by atoms with van der Waals surface area (Å²) in [6, 6.07) is 0.950. The van der Waals surface area contributed by atoms with E-state index >= 15 is 0 Å². The molecule has 0 radical (unpaired) electrons. The van der Waals surface area contributed by atoms with Crippen LogP contribution in [0.1, 0.15) is 11.3 Å². The number of nitrogens with zero attached hydrogens (tertiary/aromatic N) is 1. The number of carboxylic acids is 1. The van der Waals surface area contributed by atoms with Crippen molar-refractivity contribution in [1.82, 2.24) is 4.98 Å². The minimum absolute atomic E-state index is 0.125. The molecule has 3 nitrogen and oxygen atoms in total. The van der Waals surface area contributed by atoms with E-state index in [1.807, 2.05) is 0 Å². The third kappa shape index (κ3) is 3.09. The van der Waals surface area contributed by atoms with Crippen molar-refractivity contribution in [3.8, 4) is 0 Å². The molecule has 0 atom stereocenters. The molecule has 1 aromatic heterocycles. The van der Waals surface area contributed by atoms with E-state index in [2.05, 4.69) is 4.98 Å². The van der Waals surface area contributed by atoms with Gasteiger partial charge < -0.3 is 5.11 Å². The second kappa shape index (κ2) is 4.06. The lowest BCUT2D eigenvalue weighted by atomic mass is 10.2. The van der Waals surface area contributed by atoms with Crippen molar-refractivity contribution in [2.45, 2.75) is 12.6 Å². The summed E-state index contributed by atoms with van der Waals surface area (Å²) in [6.45, 7) is 0. The van der Waals surface area contributed by atoms with Crippen molar-refractivity contribution in [3.63, 3.8) is 0 Å². The number of carbonyl (C=O) groups is 1. The van der Waals surface area contributed by atoms with E-state index in [9.17, 15) is 18.0 Å². The molecule has 0 saturated heterocycles. The fraction of sp³-hybridized carbons (Fsp3) is 0.250. The highest BCUT2D eigenvalue weighted by molar-refractivity contribution is 6.31. The highest BCUT2D eigenvalue weighted by atomic mass is 35.5. The van der Waals surface area contributed by atoms with Crippen molar-refractivity contribution in [3.05, 3.63) is 28.5 Å². The maximum Gasteiger partial charge on any atom is 0.434 e. The van der Waals surface area contributed by atoms with Gasteiger partial charge >= 0.3 is 12.1 Å². The molecule has 7 heteroatoms. The third-order valence-electron chi connectivity index (χ3n) is 1.52. The largest absolute Gasteiger partial charge is 0.481 e. The number of aromatic nitrogens is 1. The van der Waals surface area contributed by atoms with Crippen LogP contribution < -0.4 is 0 Å². The quantitative estimate of drug-likeness (QED) is 0.862. The van der Waals surface area contributed by atoms with Crippen LogP contribution in [0.3, 0.4) is 0 Å². The molecule has 0 bridgehead atoms. The maximum atomic E-state index is 12.2. The number of hydrogen-bond donors (Lipinski definition) is 1. The zero-order valence-corrected chi connectivity index (χ0v) is 7.93. The van der Waals surface area contributed by atoms with Gasteiger partial charge in [-0.25, -0.2) is 0 Å². The molecule has 15 heavy (non-hydrogen) atoms. The standard InChI is InChI=1S/C8H5ClF3NO2/c9-5-1-4(2-6(14)15)3-13-7(5)8(10,11)12/h1,3H,2H2,(H,14,15). The van der Waals surface area contributed by atoms with Crippen LogP contribution in [0.5, 0.6) is 0 Å². The van der Waals surface area contributed by atoms with Gasteiger partial charge in [0.1, 0.15) is 0 Å². The van der Waals surface area contributed by atoms with Gasteiger partial charge in [0.15, 0.2) is 5.69 Å². The van der Waals surface area contributed by atoms with E-state index in [-0.39, 0.29) is 5.56 Å². The zero-order chi connectivity index (χ0) is 11.6. The van der Waals surface area contributed by atoms with Crippen LogP contribution in [-0.2, 0) is 17.4 Å². The first kappa shape index (κ1) is 11.8. The van der Waals surface area contributed by atoms with E-state index in [0.29, 0.717) is 0 Å². The van der Waals surface area contributed by atoms with Gasteiger partial charge in [0.05, 0.1) is 11.4 Å². The topological polar surface area (TPSA) is 50.2 Å². The van der Waals surface area contributed by atoms with Crippen LogP contribution in [0.15, 0.2) is 12.3 Å². The van der Waals surface area contributed by atoms with Crippen molar-refractivity contribution in [2.24, 2.45) is 0 Å². The van der Waals surface area contributed by atoms with Gasteiger partial charge in [0.25, 0.3) is 0 Å². The molecule has 0 amide bonds. The fourth-order valence-corrected chi connectivity index (χ4v) is 1.25. The number of rotatable bonds is 2.